The van der Waals surface area contributed by atoms with E-state index in [9.17, 15) is 0 Å². The number of nitrogens with one attached hydrogen (secondary N) is 2. The third-order valence-corrected chi connectivity index (χ3v) is 2.93. The lowest BCUT2D eigenvalue weighted by atomic mass is 10.2. The summed E-state index contributed by atoms with van der Waals surface area (Å²) in [4.78, 5) is 7.07. The van der Waals surface area contributed by atoms with Gasteiger partial charge in [-0.15, -0.1) is 24.8 Å². The molecule has 0 amide bonds. The lowest BCUT2D eigenvalue weighted by Gasteiger charge is -2.12. The van der Waals surface area contributed by atoms with E-state index in [-0.39, 0.29) is 24.8 Å². The van der Waals surface area contributed by atoms with Crippen LogP contribution in [-0.2, 0) is 13.0 Å². The molecule has 1 aromatic heterocycles. The molecule has 0 spiro atoms. The Morgan fingerprint density at radius 2 is 2.00 bits per heavy atom. The zero-order valence-corrected chi connectivity index (χ0v) is 13.7. The summed E-state index contributed by atoms with van der Waals surface area (Å²) < 4.78 is 10.7. The van der Waals surface area contributed by atoms with E-state index in [1.54, 1.807) is 20.5 Å². The molecule has 0 saturated carbocycles. The fourth-order valence-electron chi connectivity index (χ4n) is 1.96. The van der Waals surface area contributed by atoms with Crippen molar-refractivity contribution in [2.24, 2.45) is 0 Å². The van der Waals surface area contributed by atoms with Crippen LogP contribution in [0.3, 0.4) is 0 Å². The molecule has 0 fully saturated rings. The lowest BCUT2D eigenvalue weighted by molar-refractivity contribution is 0.350. The molecule has 5 nitrogen and oxygen atoms in total. The first-order valence-corrected chi connectivity index (χ1v) is 6.23. The lowest BCUT2D eigenvalue weighted by Crippen LogP contribution is -2.17. The minimum absolute atomic E-state index is 0. The smallest absolute Gasteiger partial charge is 0.165 e. The van der Waals surface area contributed by atoms with E-state index in [4.69, 9.17) is 9.47 Å². The monoisotopic (exact) mass is 333 g/mol. The van der Waals surface area contributed by atoms with Gasteiger partial charge in [0, 0.05) is 37.0 Å². The summed E-state index contributed by atoms with van der Waals surface area (Å²) in [7, 11) is 3.30. The number of rotatable bonds is 7. The fraction of sp³-hybridized carbons (Fsp3) is 0.357. The molecule has 0 aliphatic rings. The fourth-order valence-corrected chi connectivity index (χ4v) is 1.96. The van der Waals surface area contributed by atoms with Gasteiger partial charge in [-0.25, -0.2) is 4.98 Å². The number of benzene rings is 1. The van der Waals surface area contributed by atoms with Crippen LogP contribution in [0.2, 0.25) is 0 Å². The number of para-hydroxylation sites is 1. The van der Waals surface area contributed by atoms with Gasteiger partial charge in [-0.1, -0.05) is 12.1 Å². The Morgan fingerprint density at radius 1 is 1.19 bits per heavy atom. The van der Waals surface area contributed by atoms with Crippen molar-refractivity contribution in [1.82, 2.24) is 15.3 Å². The highest BCUT2D eigenvalue weighted by molar-refractivity contribution is 5.85. The van der Waals surface area contributed by atoms with Crippen molar-refractivity contribution < 1.29 is 9.47 Å². The third-order valence-electron chi connectivity index (χ3n) is 2.93. The van der Waals surface area contributed by atoms with E-state index in [1.807, 2.05) is 24.4 Å². The number of imidazole rings is 1. The van der Waals surface area contributed by atoms with Crippen molar-refractivity contribution in [2.45, 2.75) is 13.0 Å². The van der Waals surface area contributed by atoms with Crippen LogP contribution in [0.1, 0.15) is 11.3 Å². The SMILES string of the molecule is COc1cccc(CNCCc2cnc[nH]2)c1OC.Cl.Cl. The number of methoxy groups -OCH3 is 2. The Balaban J connectivity index is 0.00000200. The van der Waals surface area contributed by atoms with Crippen molar-refractivity contribution in [2.75, 3.05) is 20.8 Å². The number of aromatic nitrogens is 2. The largest absolute Gasteiger partial charge is 0.493 e. The maximum atomic E-state index is 5.39. The molecule has 21 heavy (non-hydrogen) atoms. The van der Waals surface area contributed by atoms with Gasteiger partial charge in [0.2, 0.25) is 0 Å². The highest BCUT2D eigenvalue weighted by atomic mass is 35.5. The molecule has 2 aromatic rings. The van der Waals surface area contributed by atoms with Crippen LogP contribution in [-0.4, -0.2) is 30.7 Å². The predicted octanol–water partition coefficient (Wildman–Crippen LogP) is 2.60. The van der Waals surface area contributed by atoms with E-state index in [0.29, 0.717) is 0 Å². The van der Waals surface area contributed by atoms with Crippen LogP contribution in [0, 0.1) is 0 Å². The van der Waals surface area contributed by atoms with Gasteiger partial charge >= 0.3 is 0 Å². The Kier molecular flexibility index (Phi) is 9.62. The second-order valence-corrected chi connectivity index (χ2v) is 4.16. The molecule has 7 heteroatoms. The topological polar surface area (TPSA) is 59.2 Å². The van der Waals surface area contributed by atoms with Gasteiger partial charge < -0.3 is 19.8 Å². The molecule has 1 aromatic carbocycles. The maximum Gasteiger partial charge on any atom is 0.165 e. The highest BCUT2D eigenvalue weighted by Gasteiger charge is 2.08. The molecular formula is C14H21Cl2N3O2. The van der Waals surface area contributed by atoms with E-state index in [2.05, 4.69) is 15.3 Å². The van der Waals surface area contributed by atoms with E-state index in [1.165, 1.54) is 0 Å². The van der Waals surface area contributed by atoms with Crippen molar-refractivity contribution in [3.05, 3.63) is 42.0 Å². The van der Waals surface area contributed by atoms with Gasteiger partial charge in [0.25, 0.3) is 0 Å². The average Bonchev–Trinajstić information content (AvgIpc) is 2.96. The highest BCUT2D eigenvalue weighted by Crippen LogP contribution is 2.30. The molecule has 2 rings (SSSR count). The summed E-state index contributed by atoms with van der Waals surface area (Å²) >= 11 is 0. The molecule has 1 heterocycles. The van der Waals surface area contributed by atoms with Crippen molar-refractivity contribution >= 4 is 24.8 Å². The van der Waals surface area contributed by atoms with Crippen LogP contribution < -0.4 is 14.8 Å². The number of ether oxygens (including phenoxy) is 2. The van der Waals surface area contributed by atoms with Gasteiger partial charge in [-0.2, -0.15) is 0 Å². The van der Waals surface area contributed by atoms with Crippen LogP contribution >= 0.6 is 24.8 Å². The van der Waals surface area contributed by atoms with Gasteiger partial charge in [-0.3, -0.25) is 0 Å². The minimum Gasteiger partial charge on any atom is -0.493 e. The molecule has 0 saturated heterocycles. The zero-order chi connectivity index (χ0) is 13.5. The van der Waals surface area contributed by atoms with E-state index >= 15 is 0 Å². The Labute approximate surface area is 137 Å². The van der Waals surface area contributed by atoms with E-state index < -0.39 is 0 Å². The van der Waals surface area contributed by atoms with Crippen LogP contribution in [0.4, 0.5) is 0 Å². The summed E-state index contributed by atoms with van der Waals surface area (Å²) in [6.07, 6.45) is 4.46. The summed E-state index contributed by atoms with van der Waals surface area (Å²) in [5, 5.41) is 3.38. The number of nitrogens with zero attached hydrogens (tertiary/aromatic N) is 1. The molecule has 2 N–H and O–H groups in total. The number of hydrogen-bond acceptors (Lipinski definition) is 4. The number of aromatic amines is 1. The van der Waals surface area contributed by atoms with Gasteiger partial charge in [-0.05, 0) is 6.07 Å². The quantitative estimate of drug-likeness (QED) is 0.764. The molecule has 0 aliphatic carbocycles. The summed E-state index contributed by atoms with van der Waals surface area (Å²) in [5.41, 5.74) is 2.22. The second kappa shape index (κ2) is 10.3. The van der Waals surface area contributed by atoms with Gasteiger partial charge in [0.15, 0.2) is 11.5 Å². The van der Waals surface area contributed by atoms with Gasteiger partial charge in [0.05, 0.1) is 20.5 Å². The van der Waals surface area contributed by atoms with Crippen LogP contribution in [0.5, 0.6) is 11.5 Å². The van der Waals surface area contributed by atoms with Crippen molar-refractivity contribution in [3.63, 3.8) is 0 Å². The standard InChI is InChI=1S/C14H19N3O2.2ClH/c1-18-13-5-3-4-11(14(13)19-2)8-15-7-6-12-9-16-10-17-12;;/h3-5,9-10,15H,6-8H2,1-2H3,(H,16,17);2*1H. The van der Waals surface area contributed by atoms with Crippen LogP contribution in [0.15, 0.2) is 30.7 Å². The Morgan fingerprint density at radius 3 is 2.62 bits per heavy atom. The molecular weight excluding hydrogens is 313 g/mol. The molecule has 0 atom stereocenters. The normalized spacial score (nSPS) is 9.43. The van der Waals surface area contributed by atoms with Gasteiger partial charge in [0.1, 0.15) is 0 Å². The molecule has 0 unspecified atom stereocenters. The minimum atomic E-state index is 0. The van der Waals surface area contributed by atoms with Crippen LogP contribution in [0.25, 0.3) is 0 Å². The number of hydrogen-bond donors (Lipinski definition) is 2. The Bertz CT molecular complexity index is 507. The molecule has 0 radical (unpaired) electrons. The first-order chi connectivity index (χ1) is 9.35. The second-order valence-electron chi connectivity index (χ2n) is 4.16. The molecule has 118 valence electrons. The third kappa shape index (κ3) is 5.46. The Hall–Kier alpha value is -1.43. The van der Waals surface area contributed by atoms with Crippen molar-refractivity contribution in [1.29, 1.82) is 0 Å². The summed E-state index contributed by atoms with van der Waals surface area (Å²) in [6, 6.07) is 5.89. The van der Waals surface area contributed by atoms with E-state index in [0.717, 1.165) is 42.3 Å². The zero-order valence-electron chi connectivity index (χ0n) is 12.1. The number of halogens is 2. The summed E-state index contributed by atoms with van der Waals surface area (Å²) in [6.45, 7) is 1.62. The first-order valence-electron chi connectivity index (χ1n) is 6.23. The average molecular weight is 334 g/mol. The predicted molar refractivity (Wildman–Crippen MR) is 88.0 cm³/mol. The van der Waals surface area contributed by atoms with Crippen molar-refractivity contribution in [3.8, 4) is 11.5 Å². The summed E-state index contributed by atoms with van der Waals surface area (Å²) in [5.74, 6) is 1.55. The molecule has 0 bridgehead atoms. The number of H-pyrrole nitrogens is 1. The molecule has 0 aliphatic heterocycles. The first kappa shape index (κ1) is 19.6. The maximum absolute atomic E-state index is 5.39.